The van der Waals surface area contributed by atoms with E-state index in [-0.39, 0.29) is 11.0 Å². The molecule has 1 N–H and O–H groups in total. The van der Waals surface area contributed by atoms with E-state index in [1.54, 1.807) is 6.92 Å². The highest BCUT2D eigenvalue weighted by Crippen LogP contribution is 2.18. The lowest BCUT2D eigenvalue weighted by atomic mass is 10.2. The fourth-order valence-corrected chi connectivity index (χ4v) is 2.80. The topological polar surface area (TPSA) is 90.9 Å². The highest BCUT2D eigenvalue weighted by atomic mass is 32.2. The van der Waals surface area contributed by atoms with Crippen LogP contribution >= 0.6 is 0 Å². The van der Waals surface area contributed by atoms with E-state index in [1.807, 2.05) is 0 Å². The van der Waals surface area contributed by atoms with Crippen LogP contribution in [0.15, 0.2) is 29.2 Å². The Balaban J connectivity index is 1.98. The highest BCUT2D eigenvalue weighted by molar-refractivity contribution is 7.89. The average Bonchev–Trinajstić information content (AvgIpc) is 2.53. The van der Waals surface area contributed by atoms with Gasteiger partial charge in [0.05, 0.1) is 11.0 Å². The molecule has 1 aromatic carbocycles. The predicted octanol–water partition coefficient (Wildman–Crippen LogP) is 1.40. The number of anilines is 1. The summed E-state index contributed by atoms with van der Waals surface area (Å²) in [6.07, 6.45) is 1.14. The summed E-state index contributed by atoms with van der Waals surface area (Å²) in [6, 6.07) is 5.70. The van der Waals surface area contributed by atoms with Crippen LogP contribution in [0, 0.1) is 5.21 Å². The van der Waals surface area contributed by atoms with Crippen molar-refractivity contribution in [3.63, 3.8) is 0 Å². The maximum absolute atomic E-state index is 12.1. The van der Waals surface area contributed by atoms with Crippen LogP contribution in [0.1, 0.15) is 19.8 Å². The largest absolute Gasteiger partial charge is 0.758 e. The number of sulfonamides is 1. The Morgan fingerprint density at radius 3 is 2.52 bits per heavy atom. The number of nitrogens with one attached hydrogen (secondary N) is 1. The standard InChI is InChI=1S/C13H19N2O5S/c1-2-15(16)11-3-5-13(6-4-11)21(17,18)14-20-12-7-9-19-10-8-12/h3-6,12,14H,2,7-10H2,1H3/q-1. The molecule has 1 aromatic rings. The van der Waals surface area contributed by atoms with Crippen LogP contribution in [0.5, 0.6) is 0 Å². The third-order valence-electron chi connectivity index (χ3n) is 3.22. The molecular weight excluding hydrogens is 296 g/mol. The van der Waals surface area contributed by atoms with Gasteiger partial charge in [0.15, 0.2) is 0 Å². The molecule has 0 bridgehead atoms. The molecular formula is C13H19N2O5S-. The molecule has 0 atom stereocenters. The van der Waals surface area contributed by atoms with Gasteiger partial charge in [-0.1, -0.05) is 4.89 Å². The van der Waals surface area contributed by atoms with E-state index in [0.29, 0.717) is 38.3 Å². The third kappa shape index (κ3) is 4.39. The lowest BCUT2D eigenvalue weighted by molar-refractivity contribution is -0.0521. The first kappa shape index (κ1) is 16.2. The van der Waals surface area contributed by atoms with Crippen LogP contribution in [0.25, 0.3) is 0 Å². The van der Waals surface area contributed by atoms with Gasteiger partial charge in [0.1, 0.15) is 0 Å². The Hall–Kier alpha value is -1.19. The van der Waals surface area contributed by atoms with E-state index in [9.17, 15) is 13.6 Å². The molecule has 1 aliphatic heterocycles. The number of hydrogen-bond donors (Lipinski definition) is 1. The van der Waals surface area contributed by atoms with E-state index >= 15 is 0 Å². The van der Waals surface area contributed by atoms with Crippen molar-refractivity contribution in [2.24, 2.45) is 0 Å². The molecule has 0 saturated carbocycles. The molecule has 0 aromatic heterocycles. The van der Waals surface area contributed by atoms with Gasteiger partial charge in [-0.25, -0.2) is 8.42 Å². The summed E-state index contributed by atoms with van der Waals surface area (Å²) in [6.45, 7) is 3.16. The summed E-state index contributed by atoms with van der Waals surface area (Å²) in [5.41, 5.74) is 0.418. The van der Waals surface area contributed by atoms with E-state index < -0.39 is 10.0 Å². The lowest BCUT2D eigenvalue weighted by Crippen LogP contribution is -2.33. The van der Waals surface area contributed by atoms with Crippen molar-refractivity contribution in [3.8, 4) is 0 Å². The first-order valence-electron chi connectivity index (χ1n) is 6.83. The van der Waals surface area contributed by atoms with Gasteiger partial charge in [0.25, 0.3) is 10.0 Å². The Labute approximate surface area is 124 Å². The third-order valence-corrected chi connectivity index (χ3v) is 4.42. The number of nitrogens with zero attached hydrogens (tertiary/aromatic N) is 1. The van der Waals surface area contributed by atoms with Crippen molar-refractivity contribution >= 4 is 15.7 Å². The first-order valence-corrected chi connectivity index (χ1v) is 8.31. The van der Waals surface area contributed by atoms with Gasteiger partial charge in [-0.2, -0.15) is 0 Å². The Morgan fingerprint density at radius 2 is 1.95 bits per heavy atom. The summed E-state index contributed by atoms with van der Waals surface area (Å²) in [5.74, 6) is 0. The van der Waals surface area contributed by atoms with E-state index in [1.165, 1.54) is 24.3 Å². The number of ether oxygens (including phenoxy) is 1. The molecule has 8 heteroatoms. The maximum atomic E-state index is 12.1. The molecule has 0 radical (unpaired) electrons. The smallest absolute Gasteiger partial charge is 0.262 e. The van der Waals surface area contributed by atoms with E-state index in [2.05, 4.69) is 4.89 Å². The number of benzene rings is 1. The van der Waals surface area contributed by atoms with Crippen molar-refractivity contribution in [2.75, 3.05) is 24.8 Å². The van der Waals surface area contributed by atoms with Crippen LogP contribution in [0.3, 0.4) is 0 Å². The number of hydroxylamine groups is 1. The van der Waals surface area contributed by atoms with Crippen molar-refractivity contribution in [3.05, 3.63) is 29.5 Å². The van der Waals surface area contributed by atoms with Crippen LogP contribution in [-0.2, 0) is 19.6 Å². The first-order chi connectivity index (χ1) is 10.0. The van der Waals surface area contributed by atoms with Crippen molar-refractivity contribution in [1.29, 1.82) is 0 Å². The monoisotopic (exact) mass is 315 g/mol. The Bertz CT molecular complexity index is 540. The molecule has 21 heavy (non-hydrogen) atoms. The summed E-state index contributed by atoms with van der Waals surface area (Å²) in [7, 11) is -3.74. The second-order valence-electron chi connectivity index (χ2n) is 4.70. The molecule has 1 aliphatic rings. The average molecular weight is 315 g/mol. The van der Waals surface area contributed by atoms with Crippen LogP contribution in [0.4, 0.5) is 5.69 Å². The maximum Gasteiger partial charge on any atom is 0.262 e. The Morgan fingerprint density at radius 1 is 1.33 bits per heavy atom. The van der Waals surface area contributed by atoms with Gasteiger partial charge in [0, 0.05) is 25.4 Å². The van der Waals surface area contributed by atoms with Gasteiger partial charge in [0.2, 0.25) is 0 Å². The predicted molar refractivity (Wildman–Crippen MR) is 78.1 cm³/mol. The molecule has 0 spiro atoms. The van der Waals surface area contributed by atoms with Crippen molar-refractivity contribution in [2.45, 2.75) is 30.8 Å². The normalized spacial score (nSPS) is 16.9. The molecule has 0 amide bonds. The molecule has 1 heterocycles. The second-order valence-corrected chi connectivity index (χ2v) is 6.35. The lowest BCUT2D eigenvalue weighted by Gasteiger charge is -2.28. The fraction of sp³-hybridized carbons (Fsp3) is 0.538. The number of hydrogen-bond acceptors (Lipinski definition) is 6. The molecule has 1 saturated heterocycles. The Kier molecular flexibility index (Phi) is 5.54. The summed E-state index contributed by atoms with van der Waals surface area (Å²) >= 11 is 0. The van der Waals surface area contributed by atoms with Gasteiger partial charge >= 0.3 is 0 Å². The molecule has 118 valence electrons. The zero-order valence-electron chi connectivity index (χ0n) is 11.8. The van der Waals surface area contributed by atoms with E-state index in [4.69, 9.17) is 9.57 Å². The molecule has 0 unspecified atom stereocenters. The molecule has 1 fully saturated rings. The van der Waals surface area contributed by atoms with Crippen LogP contribution < -0.4 is 9.95 Å². The van der Waals surface area contributed by atoms with Gasteiger partial charge < -0.3 is 15.0 Å². The van der Waals surface area contributed by atoms with Gasteiger partial charge in [-0.3, -0.25) is 4.84 Å². The van der Waals surface area contributed by atoms with Crippen molar-refractivity contribution in [1.82, 2.24) is 4.89 Å². The van der Waals surface area contributed by atoms with Crippen molar-refractivity contribution < 1.29 is 18.0 Å². The van der Waals surface area contributed by atoms with Crippen LogP contribution in [-0.4, -0.2) is 34.3 Å². The number of rotatable bonds is 6. The van der Waals surface area contributed by atoms with Gasteiger partial charge in [-0.15, -0.1) is 0 Å². The van der Waals surface area contributed by atoms with Gasteiger partial charge in [-0.05, 0) is 44.0 Å². The fourth-order valence-electron chi connectivity index (χ4n) is 1.95. The van der Waals surface area contributed by atoms with E-state index in [0.717, 1.165) is 5.06 Å². The molecule has 7 nitrogen and oxygen atoms in total. The molecule has 2 rings (SSSR count). The minimum atomic E-state index is -3.74. The van der Waals surface area contributed by atoms with Crippen LogP contribution in [0.2, 0.25) is 0 Å². The minimum Gasteiger partial charge on any atom is -0.758 e. The zero-order valence-corrected chi connectivity index (χ0v) is 12.6. The summed E-state index contributed by atoms with van der Waals surface area (Å²) < 4.78 is 29.3. The SMILES string of the molecule is CCN([O-])c1ccc(S(=O)(=O)NOC2CCOCC2)cc1. The zero-order chi connectivity index (χ0) is 15.3. The molecule has 0 aliphatic carbocycles. The summed E-state index contributed by atoms with van der Waals surface area (Å²) in [4.78, 5) is 7.40. The summed E-state index contributed by atoms with van der Waals surface area (Å²) in [5, 5.41) is 12.2. The highest BCUT2D eigenvalue weighted by Gasteiger charge is 2.19. The quantitative estimate of drug-likeness (QED) is 0.798. The second kappa shape index (κ2) is 7.19. The minimum absolute atomic E-state index is 0.0582.